The van der Waals surface area contributed by atoms with Gasteiger partial charge in [0.25, 0.3) is 5.91 Å². The molecule has 2 aliphatic rings. The van der Waals surface area contributed by atoms with Gasteiger partial charge < -0.3 is 15.2 Å². The lowest BCUT2D eigenvalue weighted by atomic mass is 9.82. The van der Waals surface area contributed by atoms with Gasteiger partial charge in [0.1, 0.15) is 12.4 Å². The van der Waals surface area contributed by atoms with E-state index in [1.165, 1.54) is 36.0 Å². The van der Waals surface area contributed by atoms with Crippen molar-refractivity contribution in [1.29, 1.82) is 0 Å². The molecule has 1 saturated carbocycles. The summed E-state index contributed by atoms with van der Waals surface area (Å²) in [7, 11) is 0. The highest BCUT2D eigenvalue weighted by molar-refractivity contribution is 5.94. The molecule has 5 rings (SSSR count). The number of nitrogens with one attached hydrogen (secondary N) is 2. The Hall–Kier alpha value is -3.23. The zero-order valence-electron chi connectivity index (χ0n) is 20.9. The van der Waals surface area contributed by atoms with Gasteiger partial charge in [0.2, 0.25) is 0 Å². The molecule has 0 saturated heterocycles. The maximum atomic E-state index is 12.6. The number of carbonyl (C=O) groups is 1. The van der Waals surface area contributed by atoms with E-state index in [2.05, 4.69) is 38.4 Å². The molecule has 0 spiro atoms. The minimum absolute atomic E-state index is 0.158. The van der Waals surface area contributed by atoms with Crippen LogP contribution in [0.2, 0.25) is 0 Å². The summed E-state index contributed by atoms with van der Waals surface area (Å²) < 4.78 is 6.01. The number of amides is 1. The molecule has 1 fully saturated rings. The number of ether oxygens (including phenoxy) is 1. The van der Waals surface area contributed by atoms with Gasteiger partial charge >= 0.3 is 0 Å². The summed E-state index contributed by atoms with van der Waals surface area (Å²) in [6, 6.07) is 7.78. The van der Waals surface area contributed by atoms with Crippen molar-refractivity contribution in [3.8, 4) is 5.75 Å². The lowest BCUT2D eigenvalue weighted by molar-refractivity contribution is 0.0841. The van der Waals surface area contributed by atoms with Crippen LogP contribution < -0.4 is 10.1 Å². The van der Waals surface area contributed by atoms with Gasteiger partial charge in [0, 0.05) is 55.4 Å². The fourth-order valence-electron chi connectivity index (χ4n) is 5.11. The summed E-state index contributed by atoms with van der Waals surface area (Å²) in [6.07, 6.45) is 10.3. The number of pyridine rings is 1. The summed E-state index contributed by atoms with van der Waals surface area (Å²) >= 11 is 0. The van der Waals surface area contributed by atoms with Gasteiger partial charge in [-0.1, -0.05) is 25.3 Å². The third-order valence-electron chi connectivity index (χ3n) is 7.44. The van der Waals surface area contributed by atoms with Gasteiger partial charge in [0.15, 0.2) is 0 Å². The van der Waals surface area contributed by atoms with Gasteiger partial charge in [-0.3, -0.25) is 19.8 Å². The summed E-state index contributed by atoms with van der Waals surface area (Å²) in [4.78, 5) is 19.3. The Bertz CT molecular complexity index is 1180. The number of aliphatic hydroxyl groups excluding tert-OH is 1. The molecule has 0 bridgehead atoms. The molecule has 0 unspecified atom stereocenters. The van der Waals surface area contributed by atoms with Gasteiger partial charge in [0.05, 0.1) is 12.3 Å². The highest BCUT2D eigenvalue weighted by Crippen LogP contribution is 2.30. The van der Waals surface area contributed by atoms with Crippen LogP contribution in [0.15, 0.2) is 42.9 Å². The Balaban J connectivity index is 1.10. The predicted octanol–water partition coefficient (Wildman–Crippen LogP) is 3.18. The van der Waals surface area contributed by atoms with Crippen molar-refractivity contribution in [2.75, 3.05) is 19.6 Å². The first-order valence-corrected chi connectivity index (χ1v) is 12.9. The van der Waals surface area contributed by atoms with Crippen molar-refractivity contribution >= 4 is 5.91 Å². The lowest BCUT2D eigenvalue weighted by Gasteiger charge is -2.31. The Morgan fingerprint density at radius 3 is 3.00 bits per heavy atom. The van der Waals surface area contributed by atoms with Crippen LogP contribution in [0.4, 0.5) is 0 Å². The second kappa shape index (κ2) is 11.2. The normalized spacial score (nSPS) is 16.7. The van der Waals surface area contributed by atoms with Crippen LogP contribution in [-0.4, -0.2) is 56.8 Å². The highest BCUT2D eigenvalue weighted by atomic mass is 16.5. The summed E-state index contributed by atoms with van der Waals surface area (Å²) in [5, 5.41) is 20.3. The smallest absolute Gasteiger partial charge is 0.251 e. The van der Waals surface area contributed by atoms with Crippen LogP contribution in [0.25, 0.3) is 0 Å². The number of nitrogens with zero attached hydrogens (tertiary/aromatic N) is 3. The predicted molar refractivity (Wildman–Crippen MR) is 137 cm³/mol. The monoisotopic (exact) mass is 489 g/mol. The quantitative estimate of drug-likeness (QED) is 0.404. The molecular formula is C28H35N5O3. The molecule has 190 valence electrons. The number of fused-ring (bicyclic) bond motifs is 1. The van der Waals surface area contributed by atoms with Crippen molar-refractivity contribution in [3.63, 3.8) is 0 Å². The highest BCUT2D eigenvalue weighted by Gasteiger charge is 2.22. The minimum Gasteiger partial charge on any atom is -0.489 e. The lowest BCUT2D eigenvalue weighted by Crippen LogP contribution is -2.42. The standard InChI is InChI=1S/C28H35N5O3/c1-19-26-8-10-33(16-23(26)5-6-27(19)36-18-21-13-31-32-14-21)17-25(34)15-30-28(35)22-7-9-29-24(12-22)11-20-3-2-4-20/h5-7,9,12-14,20,25,34H,2-4,8,10-11,15-18H2,1H3,(H,30,35)(H,31,32)/t25-/m0/s1. The second-order valence-electron chi connectivity index (χ2n) is 10.1. The zero-order valence-corrected chi connectivity index (χ0v) is 20.9. The minimum atomic E-state index is -0.634. The number of hydrogen-bond acceptors (Lipinski definition) is 6. The molecule has 8 nitrogen and oxygen atoms in total. The zero-order chi connectivity index (χ0) is 24.9. The fourth-order valence-corrected chi connectivity index (χ4v) is 5.11. The van der Waals surface area contributed by atoms with E-state index in [0.717, 1.165) is 42.9 Å². The molecule has 3 aromatic rings. The van der Waals surface area contributed by atoms with Crippen LogP contribution in [-0.2, 0) is 26.0 Å². The number of carbonyl (C=O) groups excluding carboxylic acids is 1. The molecule has 0 radical (unpaired) electrons. The molecular weight excluding hydrogens is 454 g/mol. The first kappa shape index (κ1) is 24.5. The van der Waals surface area contributed by atoms with E-state index < -0.39 is 6.10 Å². The van der Waals surface area contributed by atoms with E-state index in [0.29, 0.717) is 24.6 Å². The number of rotatable bonds is 10. The fraction of sp³-hybridized carbons (Fsp3) is 0.464. The molecule has 2 aromatic heterocycles. The van der Waals surface area contributed by atoms with E-state index >= 15 is 0 Å². The average molecular weight is 490 g/mol. The Labute approximate surface area is 212 Å². The molecule has 3 heterocycles. The molecule has 1 atom stereocenters. The number of hydrogen-bond donors (Lipinski definition) is 3. The van der Waals surface area contributed by atoms with E-state index in [1.54, 1.807) is 18.5 Å². The van der Waals surface area contributed by atoms with Crippen LogP contribution in [0, 0.1) is 12.8 Å². The van der Waals surface area contributed by atoms with E-state index in [9.17, 15) is 9.90 Å². The van der Waals surface area contributed by atoms with Crippen molar-refractivity contribution in [2.24, 2.45) is 5.92 Å². The maximum Gasteiger partial charge on any atom is 0.251 e. The Kier molecular flexibility index (Phi) is 7.63. The molecule has 1 aliphatic heterocycles. The van der Waals surface area contributed by atoms with E-state index in [1.807, 2.05) is 18.3 Å². The molecule has 1 amide bonds. The van der Waals surface area contributed by atoms with Crippen molar-refractivity contribution in [3.05, 3.63) is 76.4 Å². The number of benzene rings is 1. The van der Waals surface area contributed by atoms with Crippen molar-refractivity contribution in [1.82, 2.24) is 25.4 Å². The van der Waals surface area contributed by atoms with Crippen LogP contribution in [0.1, 0.15) is 57.6 Å². The topological polar surface area (TPSA) is 103 Å². The molecule has 36 heavy (non-hydrogen) atoms. The van der Waals surface area contributed by atoms with Crippen LogP contribution in [0.3, 0.4) is 0 Å². The number of aromatic amines is 1. The number of aromatic nitrogens is 3. The SMILES string of the molecule is Cc1c(OCc2cn[nH]c2)ccc2c1CCN(C[C@@H](O)CNC(=O)c1ccnc(CC3CCC3)c1)C2. The van der Waals surface area contributed by atoms with Crippen molar-refractivity contribution in [2.45, 2.75) is 58.3 Å². The van der Waals surface area contributed by atoms with E-state index in [4.69, 9.17) is 4.74 Å². The molecule has 1 aromatic carbocycles. The Morgan fingerprint density at radius 2 is 2.22 bits per heavy atom. The third-order valence-corrected chi connectivity index (χ3v) is 7.44. The van der Waals surface area contributed by atoms with Gasteiger partial charge in [-0.05, 0) is 60.6 Å². The van der Waals surface area contributed by atoms with Crippen LogP contribution in [0.5, 0.6) is 5.75 Å². The summed E-state index contributed by atoms with van der Waals surface area (Å²) in [6.45, 7) is 4.97. The number of β-amino-alcohol motifs (C(OH)–C–C–N with tert-alkyl or cyclic N) is 1. The first-order chi connectivity index (χ1) is 17.5. The average Bonchev–Trinajstić information content (AvgIpc) is 3.38. The summed E-state index contributed by atoms with van der Waals surface area (Å²) in [5.74, 6) is 1.45. The van der Waals surface area contributed by atoms with Gasteiger partial charge in [-0.25, -0.2) is 0 Å². The first-order valence-electron chi connectivity index (χ1n) is 12.9. The Morgan fingerprint density at radius 1 is 1.33 bits per heavy atom. The van der Waals surface area contributed by atoms with Gasteiger partial charge in [-0.15, -0.1) is 0 Å². The molecule has 1 aliphatic carbocycles. The molecule has 3 N–H and O–H groups in total. The van der Waals surface area contributed by atoms with Crippen LogP contribution >= 0.6 is 0 Å². The van der Waals surface area contributed by atoms with E-state index in [-0.39, 0.29) is 12.5 Å². The number of aliphatic hydroxyl groups is 1. The second-order valence-corrected chi connectivity index (χ2v) is 10.1. The summed E-state index contributed by atoms with van der Waals surface area (Å²) in [5.41, 5.74) is 6.37. The maximum absolute atomic E-state index is 12.6. The third kappa shape index (κ3) is 5.94. The van der Waals surface area contributed by atoms with Crippen molar-refractivity contribution < 1.29 is 14.6 Å². The largest absolute Gasteiger partial charge is 0.489 e. The molecule has 8 heteroatoms. The van der Waals surface area contributed by atoms with Gasteiger partial charge in [-0.2, -0.15) is 5.10 Å². The number of H-pyrrole nitrogens is 1.